The number of hydrogen-bond acceptors (Lipinski definition) is 2. The Labute approximate surface area is 314 Å². The van der Waals surface area contributed by atoms with Crippen LogP contribution in [-0.4, -0.2) is 24.1 Å². The van der Waals surface area contributed by atoms with Crippen LogP contribution in [-0.2, 0) is 5.41 Å². The lowest BCUT2D eigenvalue weighted by atomic mass is 9.80. The number of imidazole rings is 1. The third-order valence-corrected chi connectivity index (χ3v) is 11.0. The minimum atomic E-state index is -0.00747. The molecule has 1 N–H and O–H groups in total. The van der Waals surface area contributed by atoms with Gasteiger partial charge in [-0.05, 0) is 88.7 Å². The number of H-pyrrole nitrogens is 1. The fraction of sp³-hybridized carbons (Fsp3) is 0.143. The molecule has 0 radical (unpaired) electrons. The third-order valence-electron chi connectivity index (χ3n) is 11.0. The lowest BCUT2D eigenvalue weighted by Crippen LogP contribution is -2.15. The number of nitrogens with one attached hydrogen (secondary N) is 1. The molecule has 6 aromatic carbocycles. The van der Waals surface area contributed by atoms with Crippen LogP contribution in [0.15, 0.2) is 146 Å². The average Bonchev–Trinajstić information content (AvgIpc) is 3.87. The minimum Gasteiger partial charge on any atom is -0.354 e. The van der Waals surface area contributed by atoms with Crippen molar-refractivity contribution in [3.05, 3.63) is 157 Å². The predicted molar refractivity (Wildman–Crippen MR) is 226 cm³/mol. The van der Waals surface area contributed by atoms with Crippen LogP contribution in [0.25, 0.3) is 88.7 Å². The fourth-order valence-electron chi connectivity index (χ4n) is 8.52. The largest absolute Gasteiger partial charge is 0.354 e. The van der Waals surface area contributed by atoms with Crippen molar-refractivity contribution in [2.24, 2.45) is 0 Å². The number of para-hydroxylation sites is 4. The highest BCUT2D eigenvalue weighted by atomic mass is 15.1. The number of aromatic nitrogens is 5. The molecule has 0 saturated heterocycles. The molecule has 0 unspecified atom stereocenters. The van der Waals surface area contributed by atoms with E-state index in [-0.39, 0.29) is 5.41 Å². The first-order valence-electron chi connectivity index (χ1n) is 18.9. The van der Waals surface area contributed by atoms with Gasteiger partial charge in [-0.1, -0.05) is 113 Å². The van der Waals surface area contributed by atoms with Gasteiger partial charge in [0.2, 0.25) is 0 Å². The van der Waals surface area contributed by atoms with Gasteiger partial charge in [0.05, 0.1) is 27.6 Å². The van der Waals surface area contributed by atoms with Crippen LogP contribution in [0.3, 0.4) is 0 Å². The zero-order valence-corrected chi connectivity index (χ0v) is 31.2. The predicted octanol–water partition coefficient (Wildman–Crippen LogP) is 12.9. The summed E-state index contributed by atoms with van der Waals surface area (Å²) in [5, 5.41) is 4.87. The van der Waals surface area contributed by atoms with Gasteiger partial charge < -0.3 is 4.98 Å². The van der Waals surface area contributed by atoms with Gasteiger partial charge in [0.25, 0.3) is 0 Å². The first kappa shape index (κ1) is 32.2. The smallest absolute Gasteiger partial charge is 0.147 e. The van der Waals surface area contributed by atoms with Gasteiger partial charge in [-0.15, -0.1) is 0 Å². The Morgan fingerprint density at radius 3 is 2.13 bits per heavy atom. The van der Waals surface area contributed by atoms with E-state index in [0.717, 1.165) is 61.6 Å². The quantitative estimate of drug-likeness (QED) is 0.194. The van der Waals surface area contributed by atoms with E-state index in [1.54, 1.807) is 0 Å². The Hall–Kier alpha value is -6.46. The van der Waals surface area contributed by atoms with E-state index >= 15 is 0 Å². The standard InChI is InChI=1S/C49H41N5/c1-30(2)38-28-39-35-25-24-31(27-43(35)54(45-23-11-12-26-50-45)44(39)29-40(38)49(3,4)5)33-18-14-22-42-47(33)52-48(53(42)32-15-7-6-8-16-32)37-20-13-19-36-34-17-9-10-21-41(34)51-46(36)37/h6-30,51H,1-5H3. The summed E-state index contributed by atoms with van der Waals surface area (Å²) in [5.74, 6) is 2.21. The van der Waals surface area contributed by atoms with E-state index in [9.17, 15) is 0 Å². The average molecular weight is 700 g/mol. The van der Waals surface area contributed by atoms with Gasteiger partial charge in [0, 0.05) is 50.1 Å². The third kappa shape index (κ3) is 4.92. The summed E-state index contributed by atoms with van der Waals surface area (Å²) in [5.41, 5.74) is 13.6. The number of nitrogens with zero attached hydrogens (tertiary/aromatic N) is 4. The highest BCUT2D eigenvalue weighted by Gasteiger charge is 2.25. The topological polar surface area (TPSA) is 51.4 Å². The van der Waals surface area contributed by atoms with Gasteiger partial charge in [0.1, 0.15) is 11.6 Å². The normalized spacial score (nSPS) is 12.3. The molecule has 5 nitrogen and oxygen atoms in total. The number of hydrogen-bond donors (Lipinski definition) is 1. The number of fused-ring (bicyclic) bond motifs is 7. The maximum absolute atomic E-state index is 5.55. The zero-order valence-electron chi connectivity index (χ0n) is 31.2. The minimum absolute atomic E-state index is 0.00747. The number of benzene rings is 6. The summed E-state index contributed by atoms with van der Waals surface area (Å²) < 4.78 is 4.66. The Morgan fingerprint density at radius 1 is 0.593 bits per heavy atom. The molecule has 0 aliphatic carbocycles. The van der Waals surface area contributed by atoms with Crippen LogP contribution in [0, 0.1) is 0 Å². The van der Waals surface area contributed by atoms with E-state index in [4.69, 9.17) is 9.97 Å². The second-order valence-electron chi connectivity index (χ2n) is 15.8. The van der Waals surface area contributed by atoms with Crippen molar-refractivity contribution < 1.29 is 0 Å². The Morgan fingerprint density at radius 2 is 1.33 bits per heavy atom. The van der Waals surface area contributed by atoms with Crippen molar-refractivity contribution >= 4 is 54.6 Å². The zero-order chi connectivity index (χ0) is 36.7. The molecule has 0 aliphatic rings. The molecule has 54 heavy (non-hydrogen) atoms. The summed E-state index contributed by atoms with van der Waals surface area (Å²) >= 11 is 0. The van der Waals surface area contributed by atoms with E-state index in [1.165, 1.54) is 38.2 Å². The van der Waals surface area contributed by atoms with Gasteiger partial charge >= 0.3 is 0 Å². The summed E-state index contributed by atoms with van der Waals surface area (Å²) in [6, 6.07) is 50.1. The molecule has 0 amide bonds. The van der Waals surface area contributed by atoms with Crippen molar-refractivity contribution in [1.82, 2.24) is 24.1 Å². The molecule has 4 heterocycles. The molecule has 0 spiro atoms. The van der Waals surface area contributed by atoms with E-state index in [2.05, 4.69) is 182 Å². The molecule has 262 valence electrons. The molecule has 0 atom stereocenters. The molecular weight excluding hydrogens is 659 g/mol. The van der Waals surface area contributed by atoms with Crippen LogP contribution in [0.1, 0.15) is 51.7 Å². The van der Waals surface area contributed by atoms with Gasteiger partial charge in [0.15, 0.2) is 0 Å². The Kier molecular flexibility index (Phi) is 7.18. The van der Waals surface area contributed by atoms with Crippen molar-refractivity contribution in [3.8, 4) is 34.0 Å². The second-order valence-corrected chi connectivity index (χ2v) is 15.8. The number of pyridine rings is 1. The lowest BCUT2D eigenvalue weighted by Gasteiger charge is -2.25. The van der Waals surface area contributed by atoms with Gasteiger partial charge in [-0.3, -0.25) is 9.13 Å². The van der Waals surface area contributed by atoms with Gasteiger partial charge in [-0.25, -0.2) is 9.97 Å². The molecule has 0 fully saturated rings. The second kappa shape index (κ2) is 12.0. The molecule has 0 saturated carbocycles. The monoisotopic (exact) mass is 699 g/mol. The maximum Gasteiger partial charge on any atom is 0.147 e. The molecule has 4 aromatic heterocycles. The molecular formula is C49H41N5. The SMILES string of the molecule is CC(C)c1cc2c3ccc(-c4cccc5c4nc(-c4cccc6c4[nH]c4ccccc46)n5-c4ccccc4)cc3n(-c3ccccn3)c2cc1C(C)(C)C. The van der Waals surface area contributed by atoms with E-state index in [1.807, 2.05) is 12.3 Å². The van der Waals surface area contributed by atoms with Crippen molar-refractivity contribution in [2.75, 3.05) is 0 Å². The summed E-state index contributed by atoms with van der Waals surface area (Å²) in [6.45, 7) is 11.5. The first-order chi connectivity index (χ1) is 26.3. The molecule has 0 bridgehead atoms. The Bertz CT molecular complexity index is 3040. The fourth-order valence-corrected chi connectivity index (χ4v) is 8.52. The number of aromatic amines is 1. The summed E-state index contributed by atoms with van der Waals surface area (Å²) in [4.78, 5) is 14.2. The highest BCUT2D eigenvalue weighted by Crippen LogP contribution is 2.42. The van der Waals surface area contributed by atoms with Crippen molar-refractivity contribution in [1.29, 1.82) is 0 Å². The first-order valence-corrected chi connectivity index (χ1v) is 18.9. The van der Waals surface area contributed by atoms with E-state index in [0.29, 0.717) is 5.92 Å². The molecule has 0 aliphatic heterocycles. The highest BCUT2D eigenvalue weighted by molar-refractivity contribution is 6.13. The van der Waals surface area contributed by atoms with Crippen LogP contribution in [0.2, 0.25) is 0 Å². The summed E-state index contributed by atoms with van der Waals surface area (Å²) in [6.07, 6.45) is 1.89. The van der Waals surface area contributed by atoms with Crippen molar-refractivity contribution in [3.63, 3.8) is 0 Å². The molecule has 10 rings (SSSR count). The van der Waals surface area contributed by atoms with Crippen LogP contribution < -0.4 is 0 Å². The van der Waals surface area contributed by atoms with Gasteiger partial charge in [-0.2, -0.15) is 0 Å². The van der Waals surface area contributed by atoms with Crippen LogP contribution >= 0.6 is 0 Å². The molecule has 5 heteroatoms. The van der Waals surface area contributed by atoms with Crippen LogP contribution in [0.4, 0.5) is 0 Å². The van der Waals surface area contributed by atoms with Crippen LogP contribution in [0.5, 0.6) is 0 Å². The Balaban J connectivity index is 1.26. The number of rotatable bonds is 5. The lowest BCUT2D eigenvalue weighted by molar-refractivity contribution is 0.578. The summed E-state index contributed by atoms with van der Waals surface area (Å²) in [7, 11) is 0. The van der Waals surface area contributed by atoms with E-state index < -0.39 is 0 Å². The molecule has 10 aromatic rings. The van der Waals surface area contributed by atoms with Crippen molar-refractivity contribution in [2.45, 2.75) is 46.0 Å². The maximum atomic E-state index is 5.55.